The molecule has 10 N–H and O–H groups in total. The molecule has 1 aromatic carbocycles. The zero-order chi connectivity index (χ0) is 40.7. The lowest BCUT2D eigenvalue weighted by Gasteiger charge is -2.57. The summed E-state index contributed by atoms with van der Waals surface area (Å²) in [7, 11) is 0. The van der Waals surface area contributed by atoms with Crippen LogP contribution in [0.15, 0.2) is 30.3 Å². The Bertz CT molecular complexity index is 1480. The van der Waals surface area contributed by atoms with E-state index in [1.54, 1.807) is 4.90 Å². The highest BCUT2D eigenvalue weighted by molar-refractivity contribution is 5.90. The number of nitrogens with one attached hydrogen (secondary N) is 4. The summed E-state index contributed by atoms with van der Waals surface area (Å²) in [5, 5.41) is 12.7. The molecule has 12 heteroatoms. The van der Waals surface area contributed by atoms with E-state index in [1.165, 1.54) is 57.8 Å². The Labute approximate surface area is 347 Å². The molecule has 0 heterocycles. The van der Waals surface area contributed by atoms with Crippen LogP contribution < -0.4 is 38.5 Å². The quantitative estimate of drug-likeness (QED) is 0.0642. The molecule has 0 spiro atoms. The van der Waals surface area contributed by atoms with E-state index in [0.29, 0.717) is 76.2 Å². The molecular weight excluding hydrogens is 729 g/mol. The molecule has 9 rings (SSSR count). The molecule has 0 aromatic heterocycles. The van der Waals surface area contributed by atoms with Crippen molar-refractivity contribution in [2.75, 3.05) is 39.4 Å². The third-order valence-electron chi connectivity index (χ3n) is 15.2. The van der Waals surface area contributed by atoms with Crippen LogP contribution in [0.25, 0.3) is 0 Å². The smallest absolute Gasteiger partial charge is 0.242 e. The zero-order valence-corrected chi connectivity index (χ0v) is 35.1. The zero-order valence-electron chi connectivity index (χ0n) is 35.1. The number of rotatable bonds is 23. The summed E-state index contributed by atoms with van der Waals surface area (Å²) in [5.41, 5.74) is 18.8. The molecule has 8 aliphatic carbocycles. The number of hydrogen-bond acceptors (Lipinski definition) is 8. The highest BCUT2D eigenvalue weighted by Crippen LogP contribution is 2.62. The van der Waals surface area contributed by atoms with Crippen molar-refractivity contribution < 1.29 is 19.2 Å². The number of hydrogen-bond donors (Lipinski definition) is 7. The van der Waals surface area contributed by atoms with Gasteiger partial charge >= 0.3 is 0 Å². The van der Waals surface area contributed by atoms with Crippen LogP contribution in [-0.2, 0) is 25.6 Å². The van der Waals surface area contributed by atoms with Crippen molar-refractivity contribution in [1.82, 2.24) is 26.2 Å². The van der Waals surface area contributed by atoms with Crippen LogP contribution in [0, 0.1) is 46.3 Å². The average Bonchev–Trinajstić information content (AvgIpc) is 3.17. The van der Waals surface area contributed by atoms with E-state index < -0.39 is 18.1 Å². The first-order valence-electron chi connectivity index (χ1n) is 23.1. The molecule has 4 amide bonds. The van der Waals surface area contributed by atoms with Gasteiger partial charge < -0.3 is 43.4 Å². The Balaban J connectivity index is 1.08. The average molecular weight is 803 g/mol. The fourth-order valence-corrected chi connectivity index (χ4v) is 13.6. The summed E-state index contributed by atoms with van der Waals surface area (Å²) in [6.45, 7) is 2.30. The van der Waals surface area contributed by atoms with Crippen molar-refractivity contribution in [3.63, 3.8) is 0 Å². The van der Waals surface area contributed by atoms with Gasteiger partial charge in [-0.05, 0) is 174 Å². The van der Waals surface area contributed by atoms with Gasteiger partial charge in [0.25, 0.3) is 0 Å². The van der Waals surface area contributed by atoms with Crippen molar-refractivity contribution in [3.8, 4) is 0 Å². The van der Waals surface area contributed by atoms with Crippen molar-refractivity contribution in [2.45, 2.75) is 140 Å². The number of carbonyl (C=O) groups excluding carboxylic acids is 4. The van der Waals surface area contributed by atoms with Crippen LogP contribution >= 0.6 is 0 Å². The van der Waals surface area contributed by atoms with Crippen LogP contribution in [0.2, 0.25) is 0 Å². The van der Waals surface area contributed by atoms with Crippen molar-refractivity contribution in [2.24, 2.45) is 63.5 Å². The number of nitrogens with two attached hydrogens (primary N) is 3. The number of amides is 4. The first-order chi connectivity index (χ1) is 28.0. The lowest BCUT2D eigenvalue weighted by Crippen LogP contribution is -2.57. The van der Waals surface area contributed by atoms with Gasteiger partial charge in [-0.3, -0.25) is 19.2 Å². The van der Waals surface area contributed by atoms with E-state index in [4.69, 9.17) is 17.2 Å². The Morgan fingerprint density at radius 2 is 1.31 bits per heavy atom. The summed E-state index contributed by atoms with van der Waals surface area (Å²) in [5.74, 6) is 3.72. The normalized spacial score (nSPS) is 31.7. The second-order valence-corrected chi connectivity index (χ2v) is 20.3. The second kappa shape index (κ2) is 19.5. The van der Waals surface area contributed by atoms with E-state index in [-0.39, 0.29) is 47.5 Å². The van der Waals surface area contributed by atoms with Crippen molar-refractivity contribution >= 4 is 23.6 Å². The lowest BCUT2D eigenvalue weighted by atomic mass is 9.49. The fraction of sp³-hybridized carbons (Fsp3) is 0.783. The third-order valence-corrected chi connectivity index (χ3v) is 15.2. The standard InChI is InChI=1S/C46H74N8O4/c47-11-5-4-9-39(49)43(57)53-40(10-6-12-50-30-48)44(58)52-38(19-31-7-2-1-3-8-31)27-54(42(56)26-45-20-32-13-33(21-45)15-34(14-32)22-45)28-41(55)51-29-46-23-35-16-36(24-46)18-37(17-35)25-46/h1-3,7-8,32-40,50H,4-6,9-30,47-49H2,(H,51,55)(H,52,58)(H,53,57)/t32?,33?,34?,35?,36?,37?,38-,39-,40-,45?,46?/m0/s1. The third kappa shape index (κ3) is 11.2. The molecule has 0 radical (unpaired) electrons. The van der Waals surface area contributed by atoms with Gasteiger partial charge in [-0.1, -0.05) is 36.8 Å². The Morgan fingerprint density at radius 1 is 0.724 bits per heavy atom. The van der Waals surface area contributed by atoms with Crippen molar-refractivity contribution in [1.29, 1.82) is 0 Å². The van der Waals surface area contributed by atoms with Gasteiger partial charge in [0.1, 0.15) is 6.04 Å². The molecule has 322 valence electrons. The van der Waals surface area contributed by atoms with E-state index in [2.05, 4.69) is 21.3 Å². The highest BCUT2D eigenvalue weighted by Gasteiger charge is 2.53. The predicted molar refractivity (Wildman–Crippen MR) is 227 cm³/mol. The van der Waals surface area contributed by atoms with Crippen LogP contribution in [0.1, 0.15) is 121 Å². The maximum atomic E-state index is 14.8. The molecule has 58 heavy (non-hydrogen) atoms. The summed E-state index contributed by atoms with van der Waals surface area (Å²) in [4.78, 5) is 58.2. The monoisotopic (exact) mass is 803 g/mol. The molecule has 0 aliphatic heterocycles. The SMILES string of the molecule is NCCCC[C@H](N)C(=O)N[C@@H](CCCNCN)C(=O)N[C@@H](Cc1ccccc1)CN(CC(=O)NCC12CC3CC(CC(C3)C1)C2)C(=O)CC12CC3CC(CC(C3)C1)C2. The molecule has 12 nitrogen and oxygen atoms in total. The maximum absolute atomic E-state index is 14.8. The molecule has 1 aromatic rings. The largest absolute Gasteiger partial charge is 0.354 e. The first kappa shape index (κ1) is 43.0. The minimum atomic E-state index is -0.828. The molecule has 3 atom stereocenters. The first-order valence-corrected chi connectivity index (χ1v) is 23.1. The lowest BCUT2D eigenvalue weighted by molar-refractivity contribution is -0.143. The van der Waals surface area contributed by atoms with Gasteiger partial charge in [-0.2, -0.15) is 0 Å². The van der Waals surface area contributed by atoms with E-state index >= 15 is 0 Å². The Morgan fingerprint density at radius 3 is 1.88 bits per heavy atom. The number of unbranched alkanes of at least 4 members (excludes halogenated alkanes) is 1. The number of carbonyl (C=O) groups is 4. The molecule has 8 saturated carbocycles. The molecule has 8 bridgehead atoms. The van der Waals surface area contributed by atoms with Crippen LogP contribution in [-0.4, -0.2) is 86.0 Å². The van der Waals surface area contributed by atoms with Gasteiger partial charge in [0.2, 0.25) is 23.6 Å². The molecular formula is C46H74N8O4. The summed E-state index contributed by atoms with van der Waals surface area (Å²) >= 11 is 0. The fourth-order valence-electron chi connectivity index (χ4n) is 13.6. The Hall–Kier alpha value is -3.06. The minimum Gasteiger partial charge on any atom is -0.354 e. The molecule has 0 saturated heterocycles. The van der Waals surface area contributed by atoms with Gasteiger partial charge in [-0.15, -0.1) is 0 Å². The van der Waals surface area contributed by atoms with Crippen LogP contribution in [0.3, 0.4) is 0 Å². The highest BCUT2D eigenvalue weighted by atomic mass is 16.2. The van der Waals surface area contributed by atoms with Gasteiger partial charge in [0, 0.05) is 26.2 Å². The van der Waals surface area contributed by atoms with Crippen LogP contribution in [0.4, 0.5) is 0 Å². The predicted octanol–water partition coefficient (Wildman–Crippen LogP) is 3.71. The minimum absolute atomic E-state index is 0.00773. The number of benzene rings is 1. The van der Waals surface area contributed by atoms with Gasteiger partial charge in [-0.25, -0.2) is 0 Å². The molecule has 8 fully saturated rings. The second-order valence-electron chi connectivity index (χ2n) is 20.3. The summed E-state index contributed by atoms with van der Waals surface area (Å²) in [6.07, 6.45) is 18.8. The van der Waals surface area contributed by atoms with Crippen molar-refractivity contribution in [3.05, 3.63) is 35.9 Å². The van der Waals surface area contributed by atoms with E-state index in [9.17, 15) is 19.2 Å². The summed E-state index contributed by atoms with van der Waals surface area (Å²) in [6, 6.07) is 7.89. The number of nitrogens with zero attached hydrogens (tertiary/aromatic N) is 1. The van der Waals surface area contributed by atoms with E-state index in [1.807, 2.05) is 30.3 Å². The Kier molecular flexibility index (Phi) is 14.5. The van der Waals surface area contributed by atoms with E-state index in [0.717, 1.165) is 55.4 Å². The van der Waals surface area contributed by atoms with Gasteiger partial charge in [0.15, 0.2) is 0 Å². The van der Waals surface area contributed by atoms with Crippen LogP contribution in [0.5, 0.6) is 0 Å². The molecule has 8 aliphatic rings. The molecule has 0 unspecified atom stereocenters. The summed E-state index contributed by atoms with van der Waals surface area (Å²) < 4.78 is 0. The van der Waals surface area contributed by atoms with Gasteiger partial charge in [0.05, 0.1) is 18.6 Å². The maximum Gasteiger partial charge on any atom is 0.242 e. The topological polar surface area (TPSA) is 198 Å².